The molecule has 0 fully saturated rings. The molecule has 2 aromatic rings. The molecular formula is C12H15FN4S2. The molecule has 0 spiro atoms. The van der Waals surface area contributed by atoms with Crippen LogP contribution < -0.4 is 10.6 Å². The van der Waals surface area contributed by atoms with E-state index in [-0.39, 0.29) is 5.82 Å². The molecule has 1 heterocycles. The maximum absolute atomic E-state index is 13.4. The molecule has 0 aliphatic rings. The van der Waals surface area contributed by atoms with Gasteiger partial charge in [0.25, 0.3) is 0 Å². The summed E-state index contributed by atoms with van der Waals surface area (Å²) in [7, 11) is 3.85. The zero-order valence-electron chi connectivity index (χ0n) is 10.8. The van der Waals surface area contributed by atoms with Crippen LogP contribution in [0.3, 0.4) is 0 Å². The van der Waals surface area contributed by atoms with Crippen molar-refractivity contribution in [3.63, 3.8) is 0 Å². The summed E-state index contributed by atoms with van der Waals surface area (Å²) < 4.78 is 14.2. The fourth-order valence-electron chi connectivity index (χ4n) is 1.51. The van der Waals surface area contributed by atoms with Gasteiger partial charge in [-0.05, 0) is 23.3 Å². The molecule has 1 aromatic heterocycles. The zero-order valence-corrected chi connectivity index (χ0v) is 12.4. The lowest BCUT2D eigenvalue weighted by Crippen LogP contribution is -2.07. The van der Waals surface area contributed by atoms with Crippen LogP contribution in [0.2, 0.25) is 0 Å². The Balaban J connectivity index is 2.03. The molecule has 0 atom stereocenters. The Morgan fingerprint density at radius 2 is 2.00 bits per heavy atom. The highest BCUT2D eigenvalue weighted by Crippen LogP contribution is 2.29. The van der Waals surface area contributed by atoms with Crippen molar-refractivity contribution in [1.82, 2.24) is 10.2 Å². The maximum atomic E-state index is 13.4. The minimum atomic E-state index is -0.246. The Bertz CT molecular complexity index is 556. The Labute approximate surface area is 119 Å². The molecule has 19 heavy (non-hydrogen) atoms. The predicted molar refractivity (Wildman–Crippen MR) is 78.1 cm³/mol. The van der Waals surface area contributed by atoms with E-state index in [2.05, 4.69) is 10.2 Å². The minimum absolute atomic E-state index is 0.246. The van der Waals surface area contributed by atoms with E-state index in [1.54, 1.807) is 11.8 Å². The molecule has 2 N–H and O–H groups in total. The number of halogens is 1. The Kier molecular flexibility index (Phi) is 4.73. The standard InChI is InChI=1S/C12H15FN4S2/c1-17(2)11-15-16-12(19-11)18-7-9-3-8(6-14)4-10(13)5-9/h3-5H,6-7,14H2,1-2H3. The van der Waals surface area contributed by atoms with Gasteiger partial charge in [-0.2, -0.15) is 0 Å². The van der Waals surface area contributed by atoms with Gasteiger partial charge in [0, 0.05) is 26.4 Å². The smallest absolute Gasteiger partial charge is 0.208 e. The molecule has 2 rings (SSSR count). The normalized spacial score (nSPS) is 10.7. The first kappa shape index (κ1) is 14.2. The zero-order chi connectivity index (χ0) is 13.8. The van der Waals surface area contributed by atoms with Crippen LogP contribution in [-0.2, 0) is 12.3 Å². The average molecular weight is 298 g/mol. The summed E-state index contributed by atoms with van der Waals surface area (Å²) in [4.78, 5) is 1.91. The van der Waals surface area contributed by atoms with Crippen LogP contribution in [-0.4, -0.2) is 24.3 Å². The van der Waals surface area contributed by atoms with Gasteiger partial charge >= 0.3 is 0 Å². The number of anilines is 1. The van der Waals surface area contributed by atoms with Gasteiger partial charge < -0.3 is 10.6 Å². The average Bonchev–Trinajstić information content (AvgIpc) is 2.84. The summed E-state index contributed by atoms with van der Waals surface area (Å²) in [5.41, 5.74) is 7.25. The number of hydrogen-bond donors (Lipinski definition) is 1. The second-order valence-electron chi connectivity index (χ2n) is 4.21. The molecule has 0 bridgehead atoms. The van der Waals surface area contributed by atoms with Gasteiger partial charge in [-0.15, -0.1) is 10.2 Å². The maximum Gasteiger partial charge on any atom is 0.208 e. The first-order valence-corrected chi connectivity index (χ1v) is 7.50. The quantitative estimate of drug-likeness (QED) is 0.860. The molecule has 0 amide bonds. The molecule has 0 saturated carbocycles. The first-order chi connectivity index (χ1) is 9.08. The lowest BCUT2D eigenvalue weighted by atomic mass is 10.1. The molecule has 0 unspecified atom stereocenters. The fraction of sp³-hybridized carbons (Fsp3) is 0.333. The van der Waals surface area contributed by atoms with Crippen LogP contribution in [0.25, 0.3) is 0 Å². The Hall–Kier alpha value is -1.18. The third-order valence-corrected chi connectivity index (χ3v) is 4.69. The largest absolute Gasteiger partial charge is 0.353 e. The number of aromatic nitrogens is 2. The van der Waals surface area contributed by atoms with Crippen molar-refractivity contribution in [2.24, 2.45) is 5.73 Å². The second-order valence-corrected chi connectivity index (χ2v) is 6.38. The molecule has 0 saturated heterocycles. The Morgan fingerprint density at radius 1 is 1.26 bits per heavy atom. The summed E-state index contributed by atoms with van der Waals surface area (Å²) in [6.07, 6.45) is 0. The van der Waals surface area contributed by atoms with Crippen molar-refractivity contribution >= 4 is 28.2 Å². The monoisotopic (exact) mass is 298 g/mol. The van der Waals surface area contributed by atoms with Gasteiger partial charge in [-0.3, -0.25) is 0 Å². The van der Waals surface area contributed by atoms with Crippen LogP contribution in [0, 0.1) is 5.82 Å². The molecule has 7 heteroatoms. The Morgan fingerprint density at radius 3 is 2.63 bits per heavy atom. The second kappa shape index (κ2) is 6.31. The van der Waals surface area contributed by atoms with E-state index in [1.165, 1.54) is 23.5 Å². The van der Waals surface area contributed by atoms with Gasteiger partial charge in [0.1, 0.15) is 5.82 Å². The summed E-state index contributed by atoms with van der Waals surface area (Å²) in [5.74, 6) is 0.414. The van der Waals surface area contributed by atoms with Crippen LogP contribution in [0.1, 0.15) is 11.1 Å². The molecular weight excluding hydrogens is 283 g/mol. The number of rotatable bonds is 5. The number of thioether (sulfide) groups is 1. The molecule has 0 aliphatic carbocycles. The third-order valence-electron chi connectivity index (χ3n) is 2.39. The summed E-state index contributed by atoms with van der Waals surface area (Å²) in [6.45, 7) is 0.346. The minimum Gasteiger partial charge on any atom is -0.353 e. The van der Waals surface area contributed by atoms with Gasteiger partial charge in [-0.25, -0.2) is 4.39 Å². The summed E-state index contributed by atoms with van der Waals surface area (Å²) >= 11 is 3.07. The summed E-state index contributed by atoms with van der Waals surface area (Å²) in [5, 5.41) is 9.01. The fourth-order valence-corrected chi connectivity index (χ4v) is 3.20. The number of nitrogens with two attached hydrogens (primary N) is 1. The summed E-state index contributed by atoms with van der Waals surface area (Å²) in [6, 6.07) is 4.91. The van der Waals surface area contributed by atoms with Gasteiger partial charge in [0.2, 0.25) is 5.13 Å². The van der Waals surface area contributed by atoms with Gasteiger partial charge in [0.05, 0.1) is 0 Å². The van der Waals surface area contributed by atoms with Crippen molar-refractivity contribution in [3.8, 4) is 0 Å². The SMILES string of the molecule is CN(C)c1nnc(SCc2cc(F)cc(CN)c2)s1. The van der Waals surface area contributed by atoms with Crippen molar-refractivity contribution < 1.29 is 4.39 Å². The van der Waals surface area contributed by atoms with E-state index in [9.17, 15) is 4.39 Å². The molecule has 0 radical (unpaired) electrons. The van der Waals surface area contributed by atoms with Gasteiger partial charge in [-0.1, -0.05) is 29.2 Å². The molecule has 4 nitrogen and oxygen atoms in total. The highest BCUT2D eigenvalue weighted by molar-refractivity contribution is 8.00. The van der Waals surface area contributed by atoms with Crippen LogP contribution in [0.4, 0.5) is 9.52 Å². The van der Waals surface area contributed by atoms with Crippen molar-refractivity contribution in [2.45, 2.75) is 16.6 Å². The molecule has 102 valence electrons. The van der Waals surface area contributed by atoms with Crippen molar-refractivity contribution in [2.75, 3.05) is 19.0 Å². The molecule has 1 aromatic carbocycles. The molecule has 0 aliphatic heterocycles. The van der Waals surface area contributed by atoms with Crippen molar-refractivity contribution in [3.05, 3.63) is 35.1 Å². The number of hydrogen-bond acceptors (Lipinski definition) is 6. The van der Waals surface area contributed by atoms with Crippen LogP contribution in [0.5, 0.6) is 0 Å². The van der Waals surface area contributed by atoms with Crippen LogP contribution in [0.15, 0.2) is 22.5 Å². The number of benzene rings is 1. The van der Waals surface area contributed by atoms with Gasteiger partial charge in [0.15, 0.2) is 4.34 Å². The highest BCUT2D eigenvalue weighted by Gasteiger charge is 2.07. The first-order valence-electron chi connectivity index (χ1n) is 5.70. The topological polar surface area (TPSA) is 55.0 Å². The van der Waals surface area contributed by atoms with E-state index in [0.717, 1.165) is 20.6 Å². The lowest BCUT2D eigenvalue weighted by molar-refractivity contribution is 0.624. The van der Waals surface area contributed by atoms with E-state index < -0.39 is 0 Å². The third kappa shape index (κ3) is 3.89. The highest BCUT2D eigenvalue weighted by atomic mass is 32.2. The predicted octanol–water partition coefficient (Wildman–Crippen LogP) is 2.49. The lowest BCUT2D eigenvalue weighted by Gasteiger charge is -2.04. The van der Waals surface area contributed by atoms with E-state index >= 15 is 0 Å². The van der Waals surface area contributed by atoms with Crippen molar-refractivity contribution in [1.29, 1.82) is 0 Å². The van der Waals surface area contributed by atoms with Crippen LogP contribution >= 0.6 is 23.1 Å². The van der Waals surface area contributed by atoms with E-state index in [1.807, 2.05) is 25.1 Å². The van der Waals surface area contributed by atoms with E-state index in [4.69, 9.17) is 5.73 Å². The van der Waals surface area contributed by atoms with E-state index in [0.29, 0.717) is 12.3 Å². The number of nitrogens with zero attached hydrogens (tertiary/aromatic N) is 3.